The highest BCUT2D eigenvalue weighted by Gasteiger charge is 2.17. The van der Waals surface area contributed by atoms with E-state index in [0.717, 1.165) is 0 Å². The zero-order valence-corrected chi connectivity index (χ0v) is 13.2. The van der Waals surface area contributed by atoms with Crippen molar-refractivity contribution in [2.24, 2.45) is 5.73 Å². The fourth-order valence-corrected chi connectivity index (χ4v) is 2.07. The fourth-order valence-electron chi connectivity index (χ4n) is 2.07. The lowest BCUT2D eigenvalue weighted by atomic mass is 10.1. The predicted molar refractivity (Wildman–Crippen MR) is 88.2 cm³/mol. The summed E-state index contributed by atoms with van der Waals surface area (Å²) in [6, 6.07) is 11.0. The van der Waals surface area contributed by atoms with Crippen molar-refractivity contribution in [2.75, 3.05) is 0 Å². The molecule has 0 saturated carbocycles. The number of phenols is 1. The molecule has 1 atom stereocenters. The number of hydrogen-bond donors (Lipinski definition) is 3. The number of carboxylic acids is 1. The number of benzene rings is 2. The topological polar surface area (TPSA) is 127 Å². The van der Waals surface area contributed by atoms with E-state index in [-0.39, 0.29) is 24.3 Å². The third-order valence-electron chi connectivity index (χ3n) is 3.44. The number of aliphatic carboxylic acids is 1. The minimum atomic E-state index is -1.10. The van der Waals surface area contributed by atoms with Crippen LogP contribution in [-0.2, 0) is 27.2 Å². The Morgan fingerprint density at radius 3 is 2.08 bits per heavy atom. The summed E-state index contributed by atoms with van der Waals surface area (Å²) < 4.78 is 4.99. The molecule has 0 spiro atoms. The molecule has 0 radical (unpaired) electrons. The number of carbonyl (C=O) groups excluding carboxylic acids is 2. The van der Waals surface area contributed by atoms with Crippen molar-refractivity contribution in [2.45, 2.75) is 18.9 Å². The van der Waals surface area contributed by atoms with Gasteiger partial charge in [-0.05, 0) is 41.8 Å². The Morgan fingerprint density at radius 2 is 1.52 bits per heavy atom. The Bertz CT molecular complexity index is 767. The Labute approximate surface area is 143 Å². The molecule has 0 heterocycles. The van der Waals surface area contributed by atoms with Crippen LogP contribution in [0.15, 0.2) is 48.5 Å². The maximum Gasteiger partial charge on any atom is 0.380 e. The van der Waals surface area contributed by atoms with Crippen molar-refractivity contribution in [1.82, 2.24) is 0 Å². The molecule has 7 heteroatoms. The monoisotopic (exact) mass is 343 g/mol. The molecule has 7 nitrogen and oxygen atoms in total. The van der Waals surface area contributed by atoms with E-state index < -0.39 is 23.8 Å². The van der Waals surface area contributed by atoms with Gasteiger partial charge in [0.15, 0.2) is 0 Å². The molecule has 0 aliphatic carbocycles. The van der Waals surface area contributed by atoms with E-state index >= 15 is 0 Å². The third-order valence-corrected chi connectivity index (χ3v) is 3.44. The van der Waals surface area contributed by atoms with E-state index in [2.05, 4.69) is 0 Å². The van der Waals surface area contributed by atoms with Gasteiger partial charge in [0, 0.05) is 6.42 Å². The molecule has 0 saturated heterocycles. The van der Waals surface area contributed by atoms with E-state index in [1.54, 1.807) is 24.3 Å². The average molecular weight is 343 g/mol. The Balaban J connectivity index is 1.92. The largest absolute Gasteiger partial charge is 0.508 e. The van der Waals surface area contributed by atoms with Crippen LogP contribution in [0.25, 0.3) is 0 Å². The predicted octanol–water partition coefficient (Wildman–Crippen LogP) is 1.06. The fraction of sp³-hybridized carbons (Fsp3) is 0.167. The molecule has 0 bridgehead atoms. The van der Waals surface area contributed by atoms with Crippen LogP contribution >= 0.6 is 0 Å². The first-order valence-electron chi connectivity index (χ1n) is 7.45. The van der Waals surface area contributed by atoms with E-state index in [1.807, 2.05) is 0 Å². The SMILES string of the molecule is N[C@@H](Cc1ccc(OC(=O)C(=O)Cc2ccc(O)cc2)cc1)C(=O)O. The molecule has 2 rings (SSSR count). The number of esters is 1. The number of phenolic OH excluding ortho intramolecular Hbond substituents is 1. The zero-order chi connectivity index (χ0) is 18.4. The first kappa shape index (κ1) is 18.2. The lowest BCUT2D eigenvalue weighted by Crippen LogP contribution is -2.32. The third kappa shape index (κ3) is 5.43. The van der Waals surface area contributed by atoms with E-state index in [4.69, 9.17) is 15.6 Å². The van der Waals surface area contributed by atoms with Crippen LogP contribution in [0.3, 0.4) is 0 Å². The van der Waals surface area contributed by atoms with Gasteiger partial charge >= 0.3 is 11.9 Å². The zero-order valence-electron chi connectivity index (χ0n) is 13.2. The molecule has 0 aliphatic heterocycles. The van der Waals surface area contributed by atoms with E-state index in [1.165, 1.54) is 24.3 Å². The number of hydrogen-bond acceptors (Lipinski definition) is 6. The van der Waals surface area contributed by atoms with Crippen molar-refractivity contribution < 1.29 is 29.3 Å². The second kappa shape index (κ2) is 8.07. The first-order chi connectivity index (χ1) is 11.8. The number of aromatic hydroxyl groups is 1. The molecule has 4 N–H and O–H groups in total. The van der Waals surface area contributed by atoms with Crippen molar-refractivity contribution in [3.63, 3.8) is 0 Å². The van der Waals surface area contributed by atoms with Crippen LogP contribution in [0.5, 0.6) is 11.5 Å². The number of Topliss-reactive ketones (excluding diaryl/α,β-unsaturated/α-hetero) is 1. The molecule has 2 aromatic rings. The molecule has 0 aromatic heterocycles. The summed E-state index contributed by atoms with van der Waals surface area (Å²) in [5, 5.41) is 18.0. The second-order valence-corrected chi connectivity index (χ2v) is 5.45. The summed E-state index contributed by atoms with van der Waals surface area (Å²) in [6.07, 6.45) is 0.00794. The van der Waals surface area contributed by atoms with Crippen LogP contribution in [0.4, 0.5) is 0 Å². The summed E-state index contributed by atoms with van der Waals surface area (Å²) in [4.78, 5) is 34.4. The minimum absolute atomic E-state index is 0.0708. The number of carboxylic acid groups (broad SMARTS) is 1. The minimum Gasteiger partial charge on any atom is -0.508 e. The molecule has 0 unspecified atom stereocenters. The molecule has 130 valence electrons. The Kier molecular flexibility index (Phi) is 5.86. The molecular weight excluding hydrogens is 326 g/mol. The van der Waals surface area contributed by atoms with Crippen LogP contribution in [-0.4, -0.2) is 34.0 Å². The summed E-state index contributed by atoms with van der Waals surface area (Å²) in [6.45, 7) is 0. The van der Waals surface area contributed by atoms with Crippen LogP contribution < -0.4 is 10.5 Å². The average Bonchev–Trinajstić information content (AvgIpc) is 2.58. The normalized spacial score (nSPS) is 11.6. The number of ketones is 1. The lowest BCUT2D eigenvalue weighted by Gasteiger charge is -2.08. The lowest BCUT2D eigenvalue weighted by molar-refractivity contribution is -0.146. The van der Waals surface area contributed by atoms with Gasteiger partial charge in [-0.2, -0.15) is 0 Å². The highest BCUT2D eigenvalue weighted by atomic mass is 16.5. The van der Waals surface area contributed by atoms with Crippen molar-refractivity contribution in [3.05, 3.63) is 59.7 Å². The number of ether oxygens (including phenoxy) is 1. The van der Waals surface area contributed by atoms with Crippen molar-refractivity contribution in [1.29, 1.82) is 0 Å². The molecule has 0 aliphatic rings. The summed E-state index contributed by atoms with van der Waals surface area (Å²) in [5.74, 6) is -2.57. The van der Waals surface area contributed by atoms with Crippen LogP contribution in [0.1, 0.15) is 11.1 Å². The van der Waals surface area contributed by atoms with Gasteiger partial charge in [-0.25, -0.2) is 4.79 Å². The summed E-state index contributed by atoms with van der Waals surface area (Å²) in [5.41, 5.74) is 6.70. The Morgan fingerprint density at radius 1 is 0.960 bits per heavy atom. The van der Waals surface area contributed by atoms with E-state index in [9.17, 15) is 19.5 Å². The van der Waals surface area contributed by atoms with E-state index in [0.29, 0.717) is 11.1 Å². The molecular formula is C18H17NO6. The van der Waals surface area contributed by atoms with Gasteiger partial charge in [0.25, 0.3) is 0 Å². The quantitative estimate of drug-likeness (QED) is 0.390. The van der Waals surface area contributed by atoms with Gasteiger partial charge in [0.05, 0.1) is 0 Å². The summed E-state index contributed by atoms with van der Waals surface area (Å²) in [7, 11) is 0. The van der Waals surface area contributed by atoms with Crippen LogP contribution in [0.2, 0.25) is 0 Å². The maximum atomic E-state index is 11.9. The van der Waals surface area contributed by atoms with Crippen LogP contribution in [0, 0.1) is 0 Å². The van der Waals surface area contributed by atoms with Crippen molar-refractivity contribution >= 4 is 17.7 Å². The number of rotatable bonds is 7. The number of nitrogens with two attached hydrogens (primary N) is 1. The van der Waals surface area contributed by atoms with Gasteiger partial charge in [-0.3, -0.25) is 9.59 Å². The first-order valence-corrected chi connectivity index (χ1v) is 7.45. The van der Waals surface area contributed by atoms with Gasteiger partial charge in [-0.15, -0.1) is 0 Å². The standard InChI is InChI=1S/C18H17NO6/c19-15(17(22)23)9-11-3-7-14(8-4-11)25-18(24)16(21)10-12-1-5-13(20)6-2-12/h1-8,15,20H,9-10,19H2,(H,22,23)/t15-/m0/s1. The second-order valence-electron chi connectivity index (χ2n) is 5.45. The molecule has 2 aromatic carbocycles. The van der Waals surface area contributed by atoms with Gasteiger partial charge < -0.3 is 20.7 Å². The Hall–Kier alpha value is -3.19. The van der Waals surface area contributed by atoms with Gasteiger partial charge in [0.2, 0.25) is 5.78 Å². The maximum absolute atomic E-state index is 11.9. The van der Waals surface area contributed by atoms with Crippen molar-refractivity contribution in [3.8, 4) is 11.5 Å². The molecule has 0 fully saturated rings. The van der Waals surface area contributed by atoms with Gasteiger partial charge in [-0.1, -0.05) is 24.3 Å². The highest BCUT2D eigenvalue weighted by Crippen LogP contribution is 2.15. The molecule has 25 heavy (non-hydrogen) atoms. The smallest absolute Gasteiger partial charge is 0.380 e. The summed E-state index contributed by atoms with van der Waals surface area (Å²) >= 11 is 0. The molecule has 0 amide bonds. The highest BCUT2D eigenvalue weighted by molar-refractivity contribution is 6.34. The number of carbonyl (C=O) groups is 3. The van der Waals surface area contributed by atoms with Gasteiger partial charge in [0.1, 0.15) is 17.5 Å².